The summed E-state index contributed by atoms with van der Waals surface area (Å²) in [5.41, 5.74) is -2.09. The van der Waals surface area contributed by atoms with E-state index in [1.807, 2.05) is 0 Å². The summed E-state index contributed by atoms with van der Waals surface area (Å²) in [6.45, 7) is 5.34. The molecule has 0 atom stereocenters. The maximum atomic E-state index is 13.7. The topological polar surface area (TPSA) is 76.9 Å². The zero-order valence-corrected chi connectivity index (χ0v) is 20.5. The summed E-state index contributed by atoms with van der Waals surface area (Å²) >= 11 is 5.63. The van der Waals surface area contributed by atoms with Crippen molar-refractivity contribution in [2.45, 2.75) is 37.9 Å². The molecule has 0 N–H and O–H groups in total. The van der Waals surface area contributed by atoms with Gasteiger partial charge in [0.25, 0.3) is 11.8 Å². The molecule has 2 heterocycles. The minimum absolute atomic E-state index is 0.0177. The predicted molar refractivity (Wildman–Crippen MR) is 130 cm³/mol. The van der Waals surface area contributed by atoms with Gasteiger partial charge in [-0.3, -0.25) is 14.5 Å². The molecular formula is C25H23F3N4O3S. The van der Waals surface area contributed by atoms with Crippen LogP contribution in [0.1, 0.15) is 36.5 Å². The van der Waals surface area contributed by atoms with Crippen LogP contribution in [0.4, 0.5) is 18.9 Å². The Bertz CT molecular complexity index is 1270. The normalized spacial score (nSPS) is 20.4. The van der Waals surface area contributed by atoms with Crippen molar-refractivity contribution in [2.75, 3.05) is 25.1 Å². The lowest BCUT2D eigenvalue weighted by Gasteiger charge is -2.43. The van der Waals surface area contributed by atoms with Crippen LogP contribution < -0.4 is 9.64 Å². The monoisotopic (exact) mass is 516 g/mol. The molecule has 4 rings (SSSR count). The first-order chi connectivity index (χ1) is 17.0. The van der Waals surface area contributed by atoms with Crippen LogP contribution in [0, 0.1) is 11.3 Å². The van der Waals surface area contributed by atoms with E-state index in [4.69, 9.17) is 22.2 Å². The third-order valence-corrected chi connectivity index (χ3v) is 7.07. The SMILES string of the molecule is C=C/C(C#N)=C(\C=C(/C)N1C(=O)C2(CCC2)N(c2ccc3c(c2)OCCN(C)C3=O)C1=S)C(F)(F)F. The van der Waals surface area contributed by atoms with Crippen LogP contribution in [-0.4, -0.2) is 58.6 Å². The first-order valence-corrected chi connectivity index (χ1v) is 11.6. The van der Waals surface area contributed by atoms with Crippen molar-refractivity contribution >= 4 is 34.8 Å². The number of allylic oxidation sites excluding steroid dienone is 5. The van der Waals surface area contributed by atoms with Crippen molar-refractivity contribution in [3.63, 3.8) is 0 Å². The highest BCUT2D eigenvalue weighted by Gasteiger charge is 2.59. The Hall–Kier alpha value is -3.65. The molecule has 0 bridgehead atoms. The fourth-order valence-electron chi connectivity index (χ4n) is 4.64. The molecule has 1 saturated heterocycles. The molecule has 188 valence electrons. The second-order valence-corrected chi connectivity index (χ2v) is 9.19. The first kappa shape index (κ1) is 25.4. The molecule has 0 aromatic heterocycles. The highest BCUT2D eigenvalue weighted by molar-refractivity contribution is 7.80. The zero-order chi connectivity index (χ0) is 26.4. The van der Waals surface area contributed by atoms with Crippen molar-refractivity contribution in [2.24, 2.45) is 0 Å². The van der Waals surface area contributed by atoms with E-state index in [2.05, 4.69) is 6.58 Å². The van der Waals surface area contributed by atoms with Gasteiger partial charge >= 0.3 is 6.18 Å². The number of nitriles is 1. The van der Waals surface area contributed by atoms with Gasteiger partial charge in [0.1, 0.15) is 17.9 Å². The van der Waals surface area contributed by atoms with Gasteiger partial charge in [0.2, 0.25) is 0 Å². The van der Waals surface area contributed by atoms with Crippen molar-refractivity contribution in [1.82, 2.24) is 9.80 Å². The van der Waals surface area contributed by atoms with Gasteiger partial charge in [-0.15, -0.1) is 0 Å². The second-order valence-electron chi connectivity index (χ2n) is 8.83. The Balaban J connectivity index is 1.78. The largest absolute Gasteiger partial charge is 0.491 e. The van der Waals surface area contributed by atoms with E-state index in [0.29, 0.717) is 36.4 Å². The van der Waals surface area contributed by atoms with E-state index in [0.717, 1.165) is 23.5 Å². The van der Waals surface area contributed by atoms with E-state index in [1.165, 1.54) is 13.0 Å². The van der Waals surface area contributed by atoms with Crippen LogP contribution in [0.5, 0.6) is 5.75 Å². The van der Waals surface area contributed by atoms with Crippen molar-refractivity contribution in [3.8, 4) is 11.8 Å². The van der Waals surface area contributed by atoms with Crippen LogP contribution in [-0.2, 0) is 4.79 Å². The maximum Gasteiger partial charge on any atom is 0.417 e. The van der Waals surface area contributed by atoms with Crippen LogP contribution in [0.25, 0.3) is 0 Å². The maximum absolute atomic E-state index is 13.7. The number of hydrogen-bond donors (Lipinski definition) is 0. The average molecular weight is 517 g/mol. The van der Waals surface area contributed by atoms with E-state index >= 15 is 0 Å². The molecule has 0 unspecified atom stereocenters. The van der Waals surface area contributed by atoms with E-state index in [9.17, 15) is 22.8 Å². The standard InChI is InChI=1S/C25H23F3N4O3S/c1-4-16(14-29)19(25(26,27)28)12-15(2)31-22(34)24(8-5-9-24)32(23(31)36)17-6-7-18-20(13-17)35-11-10-30(3)21(18)33/h4,6-7,12-13H,1,5,8-11H2,2-3H3/b15-12+,19-16-. The van der Waals surface area contributed by atoms with Gasteiger partial charge < -0.3 is 14.5 Å². The number of rotatable bonds is 4. The quantitative estimate of drug-likeness (QED) is 0.334. The summed E-state index contributed by atoms with van der Waals surface area (Å²) in [7, 11) is 1.67. The first-order valence-electron chi connectivity index (χ1n) is 11.2. The number of benzene rings is 1. The molecule has 11 heteroatoms. The summed E-state index contributed by atoms with van der Waals surface area (Å²) in [5.74, 6) is -0.281. The minimum atomic E-state index is -4.84. The summed E-state index contributed by atoms with van der Waals surface area (Å²) < 4.78 is 46.9. The number of halogens is 3. The number of thiocarbonyl (C=S) groups is 1. The van der Waals surface area contributed by atoms with Crippen LogP contribution in [0.3, 0.4) is 0 Å². The lowest BCUT2D eigenvalue weighted by molar-refractivity contribution is -0.131. The van der Waals surface area contributed by atoms with Crippen molar-refractivity contribution in [1.29, 1.82) is 5.26 Å². The number of anilines is 1. The summed E-state index contributed by atoms with van der Waals surface area (Å²) in [6, 6.07) is 6.40. The average Bonchev–Trinajstić information content (AvgIpc) is 2.94. The Morgan fingerprint density at radius 3 is 2.56 bits per heavy atom. The van der Waals surface area contributed by atoms with Gasteiger partial charge in [-0.05, 0) is 56.6 Å². The van der Waals surface area contributed by atoms with Gasteiger partial charge in [0.15, 0.2) is 5.11 Å². The van der Waals surface area contributed by atoms with Crippen molar-refractivity contribution in [3.05, 3.63) is 59.3 Å². The smallest absolute Gasteiger partial charge is 0.417 e. The predicted octanol–water partition coefficient (Wildman–Crippen LogP) is 4.48. The fourth-order valence-corrected chi connectivity index (χ4v) is 5.15. The number of alkyl halides is 3. The molecule has 1 aliphatic carbocycles. The molecule has 1 saturated carbocycles. The molecule has 2 fully saturated rings. The van der Waals surface area contributed by atoms with Gasteiger partial charge in [0, 0.05) is 24.5 Å². The van der Waals surface area contributed by atoms with Crippen LogP contribution in [0.2, 0.25) is 0 Å². The number of amides is 2. The summed E-state index contributed by atoms with van der Waals surface area (Å²) in [6.07, 6.45) is -1.59. The molecule has 1 aromatic rings. The van der Waals surface area contributed by atoms with E-state index in [1.54, 1.807) is 35.0 Å². The third-order valence-electron chi connectivity index (χ3n) is 6.70. The molecule has 36 heavy (non-hydrogen) atoms. The molecule has 1 spiro atoms. The molecule has 7 nitrogen and oxygen atoms in total. The lowest BCUT2D eigenvalue weighted by atomic mass is 9.75. The number of ether oxygens (including phenoxy) is 1. The van der Waals surface area contributed by atoms with Crippen LogP contribution >= 0.6 is 12.2 Å². The summed E-state index contributed by atoms with van der Waals surface area (Å²) in [5, 5.41) is 9.17. The number of hydrogen-bond acceptors (Lipinski definition) is 5. The van der Waals surface area contributed by atoms with Crippen LogP contribution in [0.15, 0.2) is 53.8 Å². The Labute approximate surface area is 211 Å². The molecule has 2 aliphatic heterocycles. The Morgan fingerprint density at radius 2 is 2.00 bits per heavy atom. The highest BCUT2D eigenvalue weighted by Crippen LogP contribution is 2.48. The molecular weight excluding hydrogens is 493 g/mol. The van der Waals surface area contributed by atoms with Gasteiger partial charge in [0.05, 0.1) is 29.3 Å². The highest BCUT2D eigenvalue weighted by atomic mass is 32.1. The second kappa shape index (κ2) is 9.09. The van der Waals surface area contributed by atoms with Gasteiger partial charge in [-0.2, -0.15) is 18.4 Å². The molecule has 2 amide bonds. The number of carbonyl (C=O) groups excluding carboxylic acids is 2. The fraction of sp³-hybridized carbons (Fsp3) is 0.360. The van der Waals surface area contributed by atoms with E-state index in [-0.39, 0.29) is 23.3 Å². The number of likely N-dealkylation sites (N-methyl/N-ethyl adjacent to an activating group) is 1. The summed E-state index contributed by atoms with van der Waals surface area (Å²) in [4.78, 5) is 30.5. The Kier molecular flexibility index (Phi) is 6.43. The minimum Gasteiger partial charge on any atom is -0.491 e. The molecule has 1 aromatic carbocycles. The Morgan fingerprint density at radius 1 is 1.31 bits per heavy atom. The number of nitrogens with zero attached hydrogens (tertiary/aromatic N) is 4. The molecule has 0 radical (unpaired) electrons. The van der Waals surface area contributed by atoms with Gasteiger partial charge in [-0.1, -0.05) is 12.7 Å². The lowest BCUT2D eigenvalue weighted by Crippen LogP contribution is -2.55. The van der Waals surface area contributed by atoms with Gasteiger partial charge in [-0.25, -0.2) is 0 Å². The van der Waals surface area contributed by atoms with E-state index < -0.39 is 28.8 Å². The number of fused-ring (bicyclic) bond motifs is 1. The molecule has 3 aliphatic rings. The number of carbonyl (C=O) groups is 2. The third kappa shape index (κ3) is 3.95. The van der Waals surface area contributed by atoms with Crippen molar-refractivity contribution < 1.29 is 27.5 Å². The zero-order valence-electron chi connectivity index (χ0n) is 19.7.